The molecule has 5 heteroatoms. The van der Waals surface area contributed by atoms with Crippen LogP contribution in [0.1, 0.15) is 10.5 Å². The van der Waals surface area contributed by atoms with Crippen LogP contribution in [0.5, 0.6) is 0 Å². The zero-order valence-corrected chi connectivity index (χ0v) is 11.2. The molecule has 0 aliphatic rings. The second-order valence-corrected chi connectivity index (χ2v) is 4.40. The largest absolute Gasteiger partial charge is 0.464 e. The number of hydrogen-bond donors (Lipinski definition) is 0. The zero-order valence-electron chi connectivity index (χ0n) is 11.2. The van der Waals surface area contributed by atoms with Crippen LogP contribution in [0.3, 0.4) is 0 Å². The summed E-state index contributed by atoms with van der Waals surface area (Å²) in [7, 11) is 1.28. The maximum Gasteiger partial charge on any atom is 0.356 e. The minimum atomic E-state index is -0.571. The highest BCUT2D eigenvalue weighted by molar-refractivity contribution is 5.99. The van der Waals surface area contributed by atoms with Crippen LogP contribution in [0.2, 0.25) is 0 Å². The summed E-state index contributed by atoms with van der Waals surface area (Å²) in [6.07, 6.45) is 1.49. The maximum atomic E-state index is 14.0. The summed E-state index contributed by atoms with van der Waals surface area (Å²) in [5.74, 6) is -1.06. The molecule has 3 rings (SSSR count). The smallest absolute Gasteiger partial charge is 0.356 e. The number of pyridine rings is 2. The molecule has 2 aromatic heterocycles. The molecule has 0 atom stereocenters. The topological polar surface area (TPSA) is 52.1 Å². The number of nitrogens with zero attached hydrogens (tertiary/aromatic N) is 2. The fourth-order valence-corrected chi connectivity index (χ4v) is 2.15. The molecular formula is C16H11FN2O2. The van der Waals surface area contributed by atoms with Crippen LogP contribution >= 0.6 is 0 Å². The Hall–Kier alpha value is -2.82. The average molecular weight is 282 g/mol. The summed E-state index contributed by atoms with van der Waals surface area (Å²) in [6, 6.07) is 11.7. The molecule has 0 aliphatic heterocycles. The normalized spacial score (nSPS) is 10.6. The third kappa shape index (κ3) is 2.33. The predicted molar refractivity (Wildman–Crippen MR) is 76.3 cm³/mol. The fourth-order valence-electron chi connectivity index (χ4n) is 2.15. The molecule has 0 saturated carbocycles. The van der Waals surface area contributed by atoms with Gasteiger partial charge in [0, 0.05) is 11.6 Å². The van der Waals surface area contributed by atoms with Gasteiger partial charge < -0.3 is 4.74 Å². The van der Waals surface area contributed by atoms with E-state index < -0.39 is 11.8 Å². The number of carbonyl (C=O) groups excluding carboxylic acids is 1. The lowest BCUT2D eigenvalue weighted by atomic mass is 10.1. The predicted octanol–water partition coefficient (Wildman–Crippen LogP) is 3.22. The standard InChI is InChI=1S/C16H11FN2O2/c1-21-16(20)13-9-10-5-2-3-6-11(10)14(19-13)15-12(17)7-4-8-18-15/h2-9H,1H3. The SMILES string of the molecule is COC(=O)c1cc2ccccc2c(-c2ncccc2F)n1. The highest BCUT2D eigenvalue weighted by atomic mass is 19.1. The quantitative estimate of drug-likeness (QED) is 0.677. The Morgan fingerprint density at radius 2 is 1.95 bits per heavy atom. The Bertz CT molecular complexity index is 833. The van der Waals surface area contributed by atoms with E-state index in [2.05, 4.69) is 9.97 Å². The van der Waals surface area contributed by atoms with Gasteiger partial charge in [-0.1, -0.05) is 24.3 Å². The van der Waals surface area contributed by atoms with Crippen LogP contribution in [-0.2, 0) is 4.74 Å². The minimum absolute atomic E-state index is 0.111. The summed E-state index contributed by atoms with van der Waals surface area (Å²) < 4.78 is 18.7. The number of aromatic nitrogens is 2. The molecule has 104 valence electrons. The molecule has 4 nitrogen and oxygen atoms in total. The molecule has 3 aromatic rings. The summed E-state index contributed by atoms with van der Waals surface area (Å²) in [5, 5.41) is 1.50. The van der Waals surface area contributed by atoms with Gasteiger partial charge in [-0.2, -0.15) is 0 Å². The molecule has 1 aromatic carbocycles. The van der Waals surface area contributed by atoms with Gasteiger partial charge in [-0.05, 0) is 23.6 Å². The Morgan fingerprint density at radius 3 is 2.71 bits per heavy atom. The first-order chi connectivity index (χ1) is 10.2. The monoisotopic (exact) mass is 282 g/mol. The third-order valence-electron chi connectivity index (χ3n) is 3.12. The number of halogens is 1. The summed E-state index contributed by atoms with van der Waals surface area (Å²) in [5.41, 5.74) is 0.558. The number of rotatable bonds is 2. The summed E-state index contributed by atoms with van der Waals surface area (Å²) in [6.45, 7) is 0. The van der Waals surface area contributed by atoms with Gasteiger partial charge in [-0.15, -0.1) is 0 Å². The summed E-state index contributed by atoms with van der Waals surface area (Å²) >= 11 is 0. The van der Waals surface area contributed by atoms with Gasteiger partial charge in [0.15, 0.2) is 5.82 Å². The summed E-state index contributed by atoms with van der Waals surface area (Å²) in [4.78, 5) is 20.0. The van der Waals surface area contributed by atoms with Crippen LogP contribution in [0.25, 0.3) is 22.2 Å². The van der Waals surface area contributed by atoms with Gasteiger partial charge in [-0.3, -0.25) is 4.98 Å². The molecular weight excluding hydrogens is 271 g/mol. The molecule has 0 saturated heterocycles. The third-order valence-corrected chi connectivity index (χ3v) is 3.12. The molecule has 0 N–H and O–H groups in total. The van der Waals surface area contributed by atoms with E-state index in [1.807, 2.05) is 24.3 Å². The van der Waals surface area contributed by atoms with Crippen molar-refractivity contribution in [1.82, 2.24) is 9.97 Å². The molecule has 2 heterocycles. The lowest BCUT2D eigenvalue weighted by molar-refractivity contribution is 0.0594. The van der Waals surface area contributed by atoms with Crippen molar-refractivity contribution < 1.29 is 13.9 Å². The molecule has 0 radical (unpaired) electrons. The Kier molecular flexibility index (Phi) is 3.31. The molecule has 21 heavy (non-hydrogen) atoms. The Balaban J connectivity index is 2.34. The lowest BCUT2D eigenvalue weighted by Crippen LogP contribution is -2.06. The van der Waals surface area contributed by atoms with Crippen LogP contribution in [-0.4, -0.2) is 23.0 Å². The first-order valence-electron chi connectivity index (χ1n) is 6.29. The number of hydrogen-bond acceptors (Lipinski definition) is 4. The van der Waals surface area contributed by atoms with Gasteiger partial charge in [0.25, 0.3) is 0 Å². The number of ether oxygens (including phenoxy) is 1. The average Bonchev–Trinajstić information content (AvgIpc) is 2.53. The number of esters is 1. The first-order valence-corrected chi connectivity index (χ1v) is 6.29. The van der Waals surface area contributed by atoms with Crippen molar-refractivity contribution in [3.05, 3.63) is 60.2 Å². The van der Waals surface area contributed by atoms with Crippen molar-refractivity contribution in [3.63, 3.8) is 0 Å². The second-order valence-electron chi connectivity index (χ2n) is 4.40. The van der Waals surface area contributed by atoms with Crippen molar-refractivity contribution >= 4 is 16.7 Å². The molecule has 0 unspecified atom stereocenters. The van der Waals surface area contributed by atoms with E-state index in [0.29, 0.717) is 5.69 Å². The van der Waals surface area contributed by atoms with Gasteiger partial charge in [0.05, 0.1) is 7.11 Å². The first kappa shape index (κ1) is 13.2. The van der Waals surface area contributed by atoms with Crippen molar-refractivity contribution in [1.29, 1.82) is 0 Å². The van der Waals surface area contributed by atoms with E-state index in [1.54, 1.807) is 6.07 Å². The van der Waals surface area contributed by atoms with Gasteiger partial charge >= 0.3 is 5.97 Å². The second kappa shape index (κ2) is 5.28. The van der Waals surface area contributed by atoms with Crippen LogP contribution in [0.4, 0.5) is 4.39 Å². The van der Waals surface area contributed by atoms with Crippen molar-refractivity contribution in [2.45, 2.75) is 0 Å². The number of benzene rings is 1. The number of methoxy groups -OCH3 is 1. The lowest BCUT2D eigenvalue weighted by Gasteiger charge is -2.08. The Morgan fingerprint density at radius 1 is 1.14 bits per heavy atom. The number of fused-ring (bicyclic) bond motifs is 1. The van der Waals surface area contributed by atoms with E-state index in [1.165, 1.54) is 25.4 Å². The van der Waals surface area contributed by atoms with Gasteiger partial charge in [-0.25, -0.2) is 14.2 Å². The molecule has 0 bridgehead atoms. The van der Waals surface area contributed by atoms with Crippen molar-refractivity contribution in [3.8, 4) is 11.4 Å². The fraction of sp³-hybridized carbons (Fsp3) is 0.0625. The molecule has 0 spiro atoms. The van der Waals surface area contributed by atoms with E-state index >= 15 is 0 Å². The van der Waals surface area contributed by atoms with Gasteiger partial charge in [0.1, 0.15) is 17.1 Å². The van der Waals surface area contributed by atoms with E-state index in [9.17, 15) is 9.18 Å². The maximum absolute atomic E-state index is 14.0. The Labute approximate surface area is 120 Å². The van der Waals surface area contributed by atoms with Gasteiger partial charge in [0.2, 0.25) is 0 Å². The molecule has 0 fully saturated rings. The van der Waals surface area contributed by atoms with E-state index in [-0.39, 0.29) is 11.4 Å². The highest BCUT2D eigenvalue weighted by Crippen LogP contribution is 2.28. The van der Waals surface area contributed by atoms with Crippen LogP contribution in [0.15, 0.2) is 48.7 Å². The highest BCUT2D eigenvalue weighted by Gasteiger charge is 2.16. The van der Waals surface area contributed by atoms with E-state index in [0.717, 1.165) is 10.8 Å². The number of carbonyl (C=O) groups is 1. The van der Waals surface area contributed by atoms with Crippen LogP contribution in [0, 0.1) is 5.82 Å². The molecule has 0 amide bonds. The van der Waals surface area contributed by atoms with Crippen molar-refractivity contribution in [2.75, 3.05) is 7.11 Å². The molecule has 0 aliphatic carbocycles. The minimum Gasteiger partial charge on any atom is -0.464 e. The van der Waals surface area contributed by atoms with Crippen LogP contribution < -0.4 is 0 Å². The zero-order chi connectivity index (χ0) is 14.8. The van der Waals surface area contributed by atoms with Crippen molar-refractivity contribution in [2.24, 2.45) is 0 Å². The van der Waals surface area contributed by atoms with E-state index in [4.69, 9.17) is 4.74 Å².